The maximum atomic E-state index is 3.43. The largest absolute Gasteiger partial charge is 0.361 e. The third-order valence-electron chi connectivity index (χ3n) is 3.73. The van der Waals surface area contributed by atoms with Crippen molar-refractivity contribution in [3.05, 3.63) is 41.2 Å². The number of fused-ring (bicyclic) bond motifs is 3. The number of hydrogen-bond donors (Lipinski definition) is 1. The standard InChI is InChI=1S/C15H13N/c1-2-6-13-11(5-1)12-7-3-4-10-8-9-16-15(13)14(10)12/h3-5,7-9,16H,1-2,6H2. The van der Waals surface area contributed by atoms with Gasteiger partial charge in [-0.1, -0.05) is 24.3 Å². The van der Waals surface area contributed by atoms with E-state index in [0.717, 1.165) is 0 Å². The number of pyridine rings is 1. The number of aromatic amines is 1. The molecular formula is C15H13N. The Hall–Kier alpha value is -1.76. The van der Waals surface area contributed by atoms with Crippen LogP contribution in [-0.2, 0) is 6.42 Å². The Kier molecular flexibility index (Phi) is 1.51. The molecule has 1 heteroatoms. The maximum absolute atomic E-state index is 3.43. The fraction of sp³-hybridized carbons (Fsp3) is 0.200. The van der Waals surface area contributed by atoms with Crippen LogP contribution in [0.2, 0.25) is 0 Å². The van der Waals surface area contributed by atoms with Gasteiger partial charge >= 0.3 is 0 Å². The Balaban J connectivity index is 2.33. The van der Waals surface area contributed by atoms with Gasteiger partial charge in [-0.15, -0.1) is 0 Å². The highest BCUT2D eigenvalue weighted by Crippen LogP contribution is 2.34. The van der Waals surface area contributed by atoms with Crippen LogP contribution in [0.25, 0.3) is 28.1 Å². The van der Waals surface area contributed by atoms with Gasteiger partial charge in [-0.25, -0.2) is 0 Å². The summed E-state index contributed by atoms with van der Waals surface area (Å²) >= 11 is 0. The zero-order chi connectivity index (χ0) is 10.5. The van der Waals surface area contributed by atoms with E-state index in [1.165, 1.54) is 52.1 Å². The van der Waals surface area contributed by atoms with E-state index in [0.29, 0.717) is 0 Å². The third-order valence-corrected chi connectivity index (χ3v) is 3.73. The van der Waals surface area contributed by atoms with Crippen LogP contribution in [0.15, 0.2) is 30.5 Å². The van der Waals surface area contributed by atoms with E-state index in [2.05, 4.69) is 41.5 Å². The molecular weight excluding hydrogens is 194 g/mol. The van der Waals surface area contributed by atoms with Crippen molar-refractivity contribution < 1.29 is 0 Å². The lowest BCUT2D eigenvalue weighted by molar-refractivity contribution is 0.841. The molecule has 1 N–H and O–H groups in total. The van der Waals surface area contributed by atoms with Crippen molar-refractivity contribution in [2.45, 2.75) is 19.3 Å². The molecule has 2 aliphatic carbocycles. The van der Waals surface area contributed by atoms with Gasteiger partial charge < -0.3 is 4.98 Å². The smallest absolute Gasteiger partial charge is 0.0504 e. The summed E-state index contributed by atoms with van der Waals surface area (Å²) in [7, 11) is 0. The first-order valence-corrected chi connectivity index (χ1v) is 5.96. The Labute approximate surface area is 94.1 Å². The molecule has 0 unspecified atom stereocenters. The molecule has 0 radical (unpaired) electrons. The highest BCUT2D eigenvalue weighted by Gasteiger charge is 2.19. The van der Waals surface area contributed by atoms with E-state index in [4.69, 9.17) is 0 Å². The zero-order valence-electron chi connectivity index (χ0n) is 9.09. The van der Waals surface area contributed by atoms with Gasteiger partial charge in [0.2, 0.25) is 0 Å². The van der Waals surface area contributed by atoms with Crippen LogP contribution < -0.4 is 5.22 Å². The number of aromatic nitrogens is 1. The summed E-state index contributed by atoms with van der Waals surface area (Å²) in [5.41, 5.74) is 4.31. The normalized spacial score (nSPS) is 15.2. The summed E-state index contributed by atoms with van der Waals surface area (Å²) in [5.74, 6) is 0. The fourth-order valence-corrected chi connectivity index (χ4v) is 3.05. The van der Waals surface area contributed by atoms with Crippen molar-refractivity contribution in [2.24, 2.45) is 0 Å². The molecule has 1 aliphatic heterocycles. The lowest BCUT2D eigenvalue weighted by atomic mass is 10.0. The second-order valence-corrected chi connectivity index (χ2v) is 4.61. The van der Waals surface area contributed by atoms with E-state index >= 15 is 0 Å². The van der Waals surface area contributed by atoms with Crippen molar-refractivity contribution in [1.82, 2.24) is 4.98 Å². The van der Waals surface area contributed by atoms with Crippen LogP contribution in [0.3, 0.4) is 0 Å². The van der Waals surface area contributed by atoms with E-state index in [1.807, 2.05) is 0 Å². The summed E-state index contributed by atoms with van der Waals surface area (Å²) in [6.45, 7) is 0. The summed E-state index contributed by atoms with van der Waals surface area (Å²) in [6, 6.07) is 8.79. The van der Waals surface area contributed by atoms with Crippen LogP contribution in [0.1, 0.15) is 18.4 Å². The number of benzene rings is 1. The maximum Gasteiger partial charge on any atom is 0.0504 e. The summed E-state index contributed by atoms with van der Waals surface area (Å²) < 4.78 is 0. The first kappa shape index (κ1) is 8.40. The second kappa shape index (κ2) is 2.88. The fourth-order valence-electron chi connectivity index (χ4n) is 3.05. The molecule has 1 nitrogen and oxygen atoms in total. The molecule has 0 atom stereocenters. The highest BCUT2D eigenvalue weighted by atomic mass is 14.7. The van der Waals surface area contributed by atoms with Crippen LogP contribution in [0.5, 0.6) is 0 Å². The minimum absolute atomic E-state index is 1.22. The van der Waals surface area contributed by atoms with Gasteiger partial charge in [0.1, 0.15) is 0 Å². The van der Waals surface area contributed by atoms with Crippen LogP contribution in [0, 0.1) is 0 Å². The summed E-state index contributed by atoms with van der Waals surface area (Å²) in [5, 5.41) is 4.27. The summed E-state index contributed by atoms with van der Waals surface area (Å²) in [4.78, 5) is 3.43. The topological polar surface area (TPSA) is 15.8 Å². The molecule has 1 aromatic carbocycles. The Bertz CT molecular complexity index is 690. The molecule has 0 amide bonds. The number of hydrogen-bond acceptors (Lipinski definition) is 0. The average Bonchev–Trinajstić information content (AvgIpc) is 2.68. The minimum Gasteiger partial charge on any atom is -0.361 e. The average molecular weight is 207 g/mol. The summed E-state index contributed by atoms with van der Waals surface area (Å²) in [6.07, 6.45) is 8.20. The molecule has 0 spiro atoms. The zero-order valence-corrected chi connectivity index (χ0v) is 9.09. The molecule has 1 heterocycles. The Morgan fingerprint density at radius 3 is 3.12 bits per heavy atom. The van der Waals surface area contributed by atoms with Gasteiger partial charge in [-0.3, -0.25) is 0 Å². The first-order valence-electron chi connectivity index (χ1n) is 5.96. The van der Waals surface area contributed by atoms with Gasteiger partial charge in [0.15, 0.2) is 0 Å². The predicted octanol–water partition coefficient (Wildman–Crippen LogP) is 3.11. The van der Waals surface area contributed by atoms with E-state index in [-0.39, 0.29) is 0 Å². The molecule has 0 aromatic heterocycles. The van der Waals surface area contributed by atoms with E-state index in [9.17, 15) is 0 Å². The Morgan fingerprint density at radius 2 is 2.12 bits per heavy atom. The van der Waals surface area contributed by atoms with Crippen molar-refractivity contribution in [1.29, 1.82) is 0 Å². The monoisotopic (exact) mass is 207 g/mol. The Morgan fingerprint density at radius 1 is 1.12 bits per heavy atom. The first-order chi connectivity index (χ1) is 7.95. The van der Waals surface area contributed by atoms with Gasteiger partial charge in [0.25, 0.3) is 0 Å². The minimum atomic E-state index is 1.22. The number of rotatable bonds is 0. The second-order valence-electron chi connectivity index (χ2n) is 4.61. The van der Waals surface area contributed by atoms with Crippen LogP contribution in [0.4, 0.5) is 0 Å². The number of nitrogens with one attached hydrogen (secondary N) is 1. The highest BCUT2D eigenvalue weighted by molar-refractivity contribution is 6.00. The number of H-pyrrole nitrogens is 1. The van der Waals surface area contributed by atoms with Crippen molar-refractivity contribution in [2.75, 3.05) is 0 Å². The molecule has 0 fully saturated rings. The van der Waals surface area contributed by atoms with E-state index < -0.39 is 0 Å². The quantitative estimate of drug-likeness (QED) is 0.583. The molecule has 16 heavy (non-hydrogen) atoms. The molecule has 3 aliphatic rings. The van der Waals surface area contributed by atoms with Gasteiger partial charge in [-0.05, 0) is 46.9 Å². The molecule has 0 saturated carbocycles. The molecule has 0 saturated heterocycles. The van der Waals surface area contributed by atoms with Crippen molar-refractivity contribution in [3.8, 4) is 11.3 Å². The predicted molar refractivity (Wildman–Crippen MR) is 67.5 cm³/mol. The molecule has 0 bridgehead atoms. The van der Waals surface area contributed by atoms with Gasteiger partial charge in [-0.2, -0.15) is 0 Å². The third kappa shape index (κ3) is 0.909. The van der Waals surface area contributed by atoms with Crippen LogP contribution >= 0.6 is 0 Å². The molecule has 4 rings (SSSR count). The van der Waals surface area contributed by atoms with Gasteiger partial charge in [0, 0.05) is 11.8 Å². The van der Waals surface area contributed by atoms with Gasteiger partial charge in [0.05, 0.1) is 5.69 Å². The molecule has 78 valence electrons. The van der Waals surface area contributed by atoms with E-state index in [1.54, 1.807) is 0 Å². The molecule has 1 aromatic rings. The lowest BCUT2D eigenvalue weighted by Gasteiger charge is -2.07. The SMILES string of the molecule is C1=c2c(c3[nH]ccc4cccc2c4-3)CCC1. The van der Waals surface area contributed by atoms with Crippen molar-refractivity contribution in [3.63, 3.8) is 0 Å². The van der Waals surface area contributed by atoms with Crippen LogP contribution in [-0.4, -0.2) is 4.98 Å². The lowest BCUT2D eigenvalue weighted by Crippen LogP contribution is -2.09. The van der Waals surface area contributed by atoms with Crippen molar-refractivity contribution >= 4 is 16.8 Å².